The van der Waals surface area contributed by atoms with Crippen LogP contribution in [-0.2, 0) is 11.2 Å². The Morgan fingerprint density at radius 1 is 1.22 bits per heavy atom. The number of esters is 1. The quantitative estimate of drug-likeness (QED) is 0.554. The smallest absolute Gasteiger partial charge is 0.339 e. The van der Waals surface area contributed by atoms with E-state index in [-0.39, 0.29) is 5.97 Å². The minimum atomic E-state index is -0.335. The van der Waals surface area contributed by atoms with Crippen LogP contribution in [0.4, 0.5) is 0 Å². The highest BCUT2D eigenvalue weighted by Crippen LogP contribution is 2.33. The monoisotopic (exact) mass is 382 g/mol. The first kappa shape index (κ1) is 18.1. The molecule has 0 amide bonds. The van der Waals surface area contributed by atoms with Crippen molar-refractivity contribution in [3.8, 4) is 11.3 Å². The first-order valence-corrected chi connectivity index (χ1v) is 9.89. The minimum absolute atomic E-state index is 0.335. The number of carbonyl (C=O) groups is 1. The van der Waals surface area contributed by atoms with E-state index in [1.54, 1.807) is 6.07 Å². The van der Waals surface area contributed by atoms with E-state index in [1.807, 2.05) is 36.5 Å². The Hall–Kier alpha value is -2.33. The molecule has 0 atom stereocenters. The van der Waals surface area contributed by atoms with Crippen molar-refractivity contribution in [2.24, 2.45) is 5.92 Å². The zero-order chi connectivity index (χ0) is 18.8. The summed E-state index contributed by atoms with van der Waals surface area (Å²) in [5.41, 5.74) is 4.47. The molecule has 1 saturated carbocycles. The Morgan fingerprint density at radius 2 is 2.04 bits per heavy atom. The topological polar surface area (TPSA) is 43.6 Å². The highest BCUT2D eigenvalue weighted by atomic mass is 35.5. The standard InChI is InChI=1S/C22H23ClN2O2/c1-27-22(26)17-10-11-20-24-21(16-8-5-9-18(23)13-16)19(25(20)14-17)12-15-6-3-2-4-7-15/h5,8-11,13-15H,2-4,6-7,12H2,1H3. The molecule has 2 aromatic heterocycles. The molecular formula is C22H23ClN2O2. The molecule has 0 N–H and O–H groups in total. The van der Waals surface area contributed by atoms with E-state index in [9.17, 15) is 4.79 Å². The Bertz CT molecular complexity index is 974. The average molecular weight is 383 g/mol. The van der Waals surface area contributed by atoms with E-state index >= 15 is 0 Å². The second-order valence-electron chi connectivity index (χ2n) is 7.26. The Labute approximate surface area is 164 Å². The fourth-order valence-corrected chi connectivity index (χ4v) is 4.25. The number of pyridine rings is 1. The summed E-state index contributed by atoms with van der Waals surface area (Å²) in [7, 11) is 1.40. The first-order chi connectivity index (χ1) is 13.2. The molecular weight excluding hydrogens is 360 g/mol. The van der Waals surface area contributed by atoms with Crippen molar-refractivity contribution in [3.63, 3.8) is 0 Å². The Kier molecular flexibility index (Phi) is 5.17. The van der Waals surface area contributed by atoms with Gasteiger partial charge in [0.25, 0.3) is 0 Å². The summed E-state index contributed by atoms with van der Waals surface area (Å²) in [6, 6.07) is 11.5. The van der Waals surface area contributed by atoms with Gasteiger partial charge in [0.2, 0.25) is 0 Å². The summed E-state index contributed by atoms with van der Waals surface area (Å²) in [5.74, 6) is 0.317. The zero-order valence-corrected chi connectivity index (χ0v) is 16.2. The Morgan fingerprint density at radius 3 is 2.78 bits per heavy atom. The number of rotatable bonds is 4. The maximum atomic E-state index is 12.0. The van der Waals surface area contributed by atoms with Gasteiger partial charge >= 0.3 is 5.97 Å². The van der Waals surface area contributed by atoms with E-state index in [4.69, 9.17) is 21.3 Å². The van der Waals surface area contributed by atoms with E-state index in [0.717, 1.165) is 29.0 Å². The summed E-state index contributed by atoms with van der Waals surface area (Å²) < 4.78 is 6.94. The number of benzene rings is 1. The molecule has 0 unspecified atom stereocenters. The van der Waals surface area contributed by atoms with E-state index in [0.29, 0.717) is 16.5 Å². The zero-order valence-electron chi connectivity index (χ0n) is 15.5. The summed E-state index contributed by atoms with van der Waals surface area (Å²) in [5, 5.41) is 0.698. The minimum Gasteiger partial charge on any atom is -0.465 e. The number of hydrogen-bond donors (Lipinski definition) is 0. The van der Waals surface area contributed by atoms with Gasteiger partial charge in [-0.1, -0.05) is 55.8 Å². The van der Waals surface area contributed by atoms with Crippen molar-refractivity contribution in [2.45, 2.75) is 38.5 Å². The lowest BCUT2D eigenvalue weighted by molar-refractivity contribution is 0.0600. The normalized spacial score (nSPS) is 15.2. The number of fused-ring (bicyclic) bond motifs is 1. The lowest BCUT2D eigenvalue weighted by Crippen LogP contribution is -2.12. The van der Waals surface area contributed by atoms with Gasteiger partial charge in [-0.05, 0) is 36.6 Å². The van der Waals surface area contributed by atoms with Gasteiger partial charge < -0.3 is 9.14 Å². The predicted octanol–water partition coefficient (Wildman–Crippen LogP) is 5.56. The lowest BCUT2D eigenvalue weighted by Gasteiger charge is -2.22. The molecule has 1 aromatic carbocycles. The van der Waals surface area contributed by atoms with Gasteiger partial charge in [-0.15, -0.1) is 0 Å². The molecule has 4 nitrogen and oxygen atoms in total. The van der Waals surface area contributed by atoms with Gasteiger partial charge in [0.15, 0.2) is 0 Å². The molecule has 27 heavy (non-hydrogen) atoms. The molecule has 3 aromatic rings. The molecule has 2 heterocycles. The van der Waals surface area contributed by atoms with Gasteiger partial charge in [0.05, 0.1) is 24.1 Å². The van der Waals surface area contributed by atoms with Crippen LogP contribution >= 0.6 is 11.6 Å². The number of hydrogen-bond acceptors (Lipinski definition) is 3. The highest BCUT2D eigenvalue weighted by molar-refractivity contribution is 6.30. The molecule has 0 saturated heterocycles. The molecule has 1 fully saturated rings. The molecule has 5 heteroatoms. The third-order valence-corrected chi connectivity index (χ3v) is 5.68. The van der Waals surface area contributed by atoms with Gasteiger partial charge in [-0.3, -0.25) is 0 Å². The van der Waals surface area contributed by atoms with Crippen LogP contribution in [0.25, 0.3) is 16.9 Å². The predicted molar refractivity (Wildman–Crippen MR) is 107 cm³/mol. The summed E-state index contributed by atoms with van der Waals surface area (Å²) >= 11 is 6.23. The maximum Gasteiger partial charge on any atom is 0.339 e. The van der Waals surface area contributed by atoms with Crippen molar-refractivity contribution >= 4 is 23.2 Å². The van der Waals surface area contributed by atoms with E-state index in [2.05, 4.69) is 4.40 Å². The van der Waals surface area contributed by atoms with Crippen LogP contribution in [0.5, 0.6) is 0 Å². The van der Waals surface area contributed by atoms with Crippen LogP contribution in [0.15, 0.2) is 42.6 Å². The van der Waals surface area contributed by atoms with Crippen LogP contribution in [0.2, 0.25) is 5.02 Å². The molecule has 0 radical (unpaired) electrons. The van der Waals surface area contributed by atoms with Crippen LogP contribution in [0.1, 0.15) is 48.2 Å². The fraction of sp³-hybridized carbons (Fsp3) is 0.364. The fourth-order valence-electron chi connectivity index (χ4n) is 4.06. The maximum absolute atomic E-state index is 12.0. The van der Waals surface area contributed by atoms with Crippen LogP contribution in [0, 0.1) is 5.92 Å². The Balaban J connectivity index is 1.84. The van der Waals surface area contributed by atoms with Crippen LogP contribution in [-0.4, -0.2) is 22.5 Å². The highest BCUT2D eigenvalue weighted by Gasteiger charge is 2.21. The van der Waals surface area contributed by atoms with Crippen molar-refractivity contribution in [2.75, 3.05) is 7.11 Å². The molecule has 1 aliphatic rings. The van der Waals surface area contributed by atoms with Gasteiger partial charge in [-0.2, -0.15) is 0 Å². The van der Waals surface area contributed by atoms with E-state index < -0.39 is 0 Å². The summed E-state index contributed by atoms with van der Waals surface area (Å²) in [6.45, 7) is 0. The third-order valence-electron chi connectivity index (χ3n) is 5.44. The number of nitrogens with zero attached hydrogens (tertiary/aromatic N) is 2. The van der Waals surface area contributed by atoms with Crippen molar-refractivity contribution in [1.29, 1.82) is 0 Å². The van der Waals surface area contributed by atoms with Crippen LogP contribution < -0.4 is 0 Å². The second-order valence-corrected chi connectivity index (χ2v) is 7.70. The van der Waals surface area contributed by atoms with Crippen molar-refractivity contribution < 1.29 is 9.53 Å². The molecule has 0 spiro atoms. The lowest BCUT2D eigenvalue weighted by atomic mass is 9.85. The average Bonchev–Trinajstić information content (AvgIpc) is 3.06. The summed E-state index contributed by atoms with van der Waals surface area (Å²) in [4.78, 5) is 16.9. The van der Waals surface area contributed by atoms with E-state index in [1.165, 1.54) is 39.2 Å². The molecule has 140 valence electrons. The van der Waals surface area contributed by atoms with Crippen molar-refractivity contribution in [3.05, 3.63) is 58.9 Å². The molecule has 1 aliphatic carbocycles. The number of aromatic nitrogens is 2. The number of ether oxygens (including phenoxy) is 1. The molecule has 4 rings (SSSR count). The third kappa shape index (κ3) is 3.72. The number of halogens is 1. The van der Waals surface area contributed by atoms with Crippen LogP contribution in [0.3, 0.4) is 0 Å². The largest absolute Gasteiger partial charge is 0.465 e. The molecule has 0 aliphatic heterocycles. The summed E-state index contributed by atoms with van der Waals surface area (Å²) in [6.07, 6.45) is 9.21. The number of methoxy groups -OCH3 is 1. The first-order valence-electron chi connectivity index (χ1n) is 9.51. The van der Waals surface area contributed by atoms with Gasteiger partial charge in [-0.25, -0.2) is 9.78 Å². The van der Waals surface area contributed by atoms with Crippen molar-refractivity contribution in [1.82, 2.24) is 9.38 Å². The molecule has 0 bridgehead atoms. The van der Waals surface area contributed by atoms with Gasteiger partial charge in [0, 0.05) is 16.8 Å². The number of imidazole rings is 1. The number of carbonyl (C=O) groups excluding carboxylic acids is 1. The second kappa shape index (κ2) is 7.73. The van der Waals surface area contributed by atoms with Gasteiger partial charge in [0.1, 0.15) is 5.65 Å². The SMILES string of the molecule is COC(=O)c1ccc2nc(-c3cccc(Cl)c3)c(CC3CCCCC3)n2c1.